The third-order valence-electron chi connectivity index (χ3n) is 5.79. The minimum absolute atomic E-state index is 0.385. The molecule has 152 valence electrons. The highest BCUT2D eigenvalue weighted by Crippen LogP contribution is 2.41. The van der Waals surface area contributed by atoms with Gasteiger partial charge in [-0.1, -0.05) is 13.3 Å². The fraction of sp³-hybridized carbons (Fsp3) is 0.591. The highest BCUT2D eigenvalue weighted by atomic mass is 16.5. The van der Waals surface area contributed by atoms with E-state index < -0.39 is 0 Å². The summed E-state index contributed by atoms with van der Waals surface area (Å²) < 4.78 is 19.8. The fourth-order valence-electron chi connectivity index (χ4n) is 4.22. The van der Waals surface area contributed by atoms with E-state index in [0.29, 0.717) is 19.3 Å². The van der Waals surface area contributed by atoms with Gasteiger partial charge < -0.3 is 23.7 Å². The van der Waals surface area contributed by atoms with Gasteiger partial charge >= 0.3 is 0 Å². The first-order valence-corrected chi connectivity index (χ1v) is 10.5. The van der Waals surface area contributed by atoms with Crippen molar-refractivity contribution in [2.24, 2.45) is 0 Å². The van der Waals surface area contributed by atoms with Crippen LogP contribution in [0.1, 0.15) is 45.1 Å². The molecule has 1 aromatic heterocycles. The van der Waals surface area contributed by atoms with Crippen molar-refractivity contribution in [1.82, 2.24) is 14.5 Å². The van der Waals surface area contributed by atoms with E-state index in [1.54, 1.807) is 7.11 Å². The predicted molar refractivity (Wildman–Crippen MR) is 109 cm³/mol. The van der Waals surface area contributed by atoms with Crippen LogP contribution in [0, 0.1) is 0 Å². The van der Waals surface area contributed by atoms with Crippen molar-refractivity contribution in [3.05, 3.63) is 24.7 Å². The third-order valence-corrected chi connectivity index (χ3v) is 5.79. The van der Waals surface area contributed by atoms with Gasteiger partial charge in [-0.15, -0.1) is 0 Å². The molecule has 2 aromatic rings. The molecule has 3 heterocycles. The Morgan fingerprint density at radius 1 is 1.07 bits per heavy atom. The van der Waals surface area contributed by atoms with Crippen LogP contribution in [0.3, 0.4) is 0 Å². The van der Waals surface area contributed by atoms with Crippen LogP contribution in [-0.4, -0.2) is 54.4 Å². The maximum Gasteiger partial charge on any atom is 0.164 e. The van der Waals surface area contributed by atoms with Gasteiger partial charge in [-0.25, -0.2) is 4.98 Å². The van der Waals surface area contributed by atoms with E-state index >= 15 is 0 Å². The number of methoxy groups -OCH3 is 1. The van der Waals surface area contributed by atoms with Crippen LogP contribution in [0.25, 0.3) is 11.3 Å². The summed E-state index contributed by atoms with van der Waals surface area (Å²) in [6.07, 6.45) is 9.81. The predicted octanol–water partition coefficient (Wildman–Crippen LogP) is 4.16. The Morgan fingerprint density at radius 3 is 2.54 bits per heavy atom. The number of nitrogens with zero attached hydrogens (tertiary/aromatic N) is 3. The molecule has 6 nitrogen and oxygen atoms in total. The van der Waals surface area contributed by atoms with Gasteiger partial charge in [0, 0.05) is 30.6 Å². The first kappa shape index (κ1) is 19.1. The highest BCUT2D eigenvalue weighted by molar-refractivity contribution is 5.72. The van der Waals surface area contributed by atoms with Crippen LogP contribution in [-0.2, 0) is 0 Å². The highest BCUT2D eigenvalue weighted by Gasteiger charge is 2.23. The van der Waals surface area contributed by atoms with E-state index in [9.17, 15) is 0 Å². The molecule has 0 radical (unpaired) electrons. The summed E-state index contributed by atoms with van der Waals surface area (Å²) in [7, 11) is 1.70. The van der Waals surface area contributed by atoms with Gasteiger partial charge in [0.05, 0.1) is 38.5 Å². The molecular formula is C22H31N3O3. The number of fused-ring (bicyclic) bond motifs is 1. The minimum Gasteiger partial charge on any atom is -0.496 e. The Morgan fingerprint density at radius 2 is 1.82 bits per heavy atom. The maximum absolute atomic E-state index is 5.92. The largest absolute Gasteiger partial charge is 0.496 e. The summed E-state index contributed by atoms with van der Waals surface area (Å²) in [6, 6.07) is 4.37. The van der Waals surface area contributed by atoms with E-state index in [-0.39, 0.29) is 0 Å². The number of hydrogen-bond acceptors (Lipinski definition) is 5. The van der Waals surface area contributed by atoms with Crippen molar-refractivity contribution < 1.29 is 14.2 Å². The molecule has 0 bridgehead atoms. The van der Waals surface area contributed by atoms with Crippen LogP contribution in [0.15, 0.2) is 24.7 Å². The molecule has 1 saturated heterocycles. The van der Waals surface area contributed by atoms with E-state index in [0.717, 1.165) is 47.9 Å². The number of rotatable bonds is 6. The van der Waals surface area contributed by atoms with Crippen molar-refractivity contribution in [2.45, 2.75) is 45.1 Å². The molecule has 1 aromatic carbocycles. The summed E-state index contributed by atoms with van der Waals surface area (Å²) in [4.78, 5) is 7.07. The summed E-state index contributed by atoms with van der Waals surface area (Å²) >= 11 is 0. The molecule has 6 heteroatoms. The Hall–Kier alpha value is -2.21. The average molecular weight is 386 g/mol. The zero-order chi connectivity index (χ0) is 19.3. The second-order valence-corrected chi connectivity index (χ2v) is 7.66. The topological polar surface area (TPSA) is 48.8 Å². The summed E-state index contributed by atoms with van der Waals surface area (Å²) in [6.45, 7) is 7.06. The molecule has 0 N–H and O–H groups in total. The smallest absolute Gasteiger partial charge is 0.164 e. The van der Waals surface area contributed by atoms with Crippen LogP contribution in [0.4, 0.5) is 0 Å². The van der Waals surface area contributed by atoms with Gasteiger partial charge in [-0.3, -0.25) is 0 Å². The molecule has 0 amide bonds. The molecule has 0 spiro atoms. The second kappa shape index (κ2) is 8.86. The van der Waals surface area contributed by atoms with Gasteiger partial charge in [0.1, 0.15) is 5.75 Å². The third kappa shape index (κ3) is 3.97. The molecule has 1 atom stereocenters. The van der Waals surface area contributed by atoms with Crippen molar-refractivity contribution >= 4 is 0 Å². The lowest BCUT2D eigenvalue weighted by atomic mass is 10.1. The van der Waals surface area contributed by atoms with E-state index in [4.69, 9.17) is 14.2 Å². The Balaban J connectivity index is 1.66. The second-order valence-electron chi connectivity index (χ2n) is 7.66. The quantitative estimate of drug-likeness (QED) is 0.747. The van der Waals surface area contributed by atoms with Crippen molar-refractivity contribution in [3.63, 3.8) is 0 Å². The Bertz CT molecular complexity index is 783. The van der Waals surface area contributed by atoms with Gasteiger partial charge in [0.25, 0.3) is 0 Å². The van der Waals surface area contributed by atoms with Crippen molar-refractivity contribution in [1.29, 1.82) is 0 Å². The first-order chi connectivity index (χ1) is 13.8. The number of piperidine rings is 1. The Kier molecular flexibility index (Phi) is 6.05. The first-order valence-electron chi connectivity index (χ1n) is 10.5. The van der Waals surface area contributed by atoms with E-state index in [2.05, 4.69) is 21.4 Å². The summed E-state index contributed by atoms with van der Waals surface area (Å²) in [5, 5.41) is 0. The molecule has 1 fully saturated rings. The molecule has 0 saturated carbocycles. The lowest BCUT2D eigenvalue weighted by molar-refractivity contribution is 0.194. The normalized spacial score (nSPS) is 18.5. The molecular weight excluding hydrogens is 354 g/mol. The van der Waals surface area contributed by atoms with Gasteiger partial charge in [-0.2, -0.15) is 0 Å². The zero-order valence-electron chi connectivity index (χ0n) is 17.0. The lowest BCUT2D eigenvalue weighted by Crippen LogP contribution is -2.35. The number of hydrogen-bond donors (Lipinski definition) is 0. The number of ether oxygens (including phenoxy) is 3. The summed E-state index contributed by atoms with van der Waals surface area (Å²) in [5.74, 6) is 2.33. The van der Waals surface area contributed by atoms with Gasteiger partial charge in [0.2, 0.25) is 0 Å². The minimum atomic E-state index is 0.385. The van der Waals surface area contributed by atoms with Crippen LogP contribution < -0.4 is 14.2 Å². The van der Waals surface area contributed by atoms with E-state index in [1.807, 2.05) is 24.7 Å². The number of aromatic nitrogens is 2. The zero-order valence-corrected chi connectivity index (χ0v) is 17.0. The number of benzene rings is 1. The molecule has 2 aliphatic heterocycles. The average Bonchev–Trinajstić information content (AvgIpc) is 3.10. The van der Waals surface area contributed by atoms with E-state index in [1.165, 1.54) is 32.4 Å². The lowest BCUT2D eigenvalue weighted by Gasteiger charge is -2.31. The molecule has 2 aliphatic rings. The fourth-order valence-corrected chi connectivity index (χ4v) is 4.22. The standard InChI is InChI=1S/C22H31N3O3/c1-3-17(15-24-8-5-4-6-9-24)25-16-23-14-19(25)18-12-21-22(13-20(18)26-2)28-11-7-10-27-21/h12-14,16-17H,3-11,15H2,1-2H3. The van der Waals surface area contributed by atoms with Crippen molar-refractivity contribution in [3.8, 4) is 28.5 Å². The van der Waals surface area contributed by atoms with Crippen molar-refractivity contribution in [2.75, 3.05) is 40.0 Å². The maximum atomic E-state index is 5.92. The van der Waals surface area contributed by atoms with Gasteiger partial charge in [-0.05, 0) is 38.4 Å². The van der Waals surface area contributed by atoms with Gasteiger partial charge in [0.15, 0.2) is 11.5 Å². The van der Waals surface area contributed by atoms with Crippen LogP contribution >= 0.6 is 0 Å². The monoisotopic (exact) mass is 385 g/mol. The Labute approximate surface area is 167 Å². The molecule has 28 heavy (non-hydrogen) atoms. The number of likely N-dealkylation sites (tertiary alicyclic amines) is 1. The molecule has 4 rings (SSSR count). The van der Waals surface area contributed by atoms with Crippen LogP contribution in [0.2, 0.25) is 0 Å². The molecule has 1 unspecified atom stereocenters. The number of imidazole rings is 1. The summed E-state index contributed by atoms with van der Waals surface area (Å²) in [5.41, 5.74) is 2.07. The SMILES string of the molecule is CCC(CN1CCCCC1)n1cncc1-c1cc2c(cc1OC)OCCCO2. The van der Waals surface area contributed by atoms with Crippen LogP contribution in [0.5, 0.6) is 17.2 Å². The molecule has 0 aliphatic carbocycles.